The number of aromatic nitrogens is 1. The molecule has 0 saturated carbocycles. The van der Waals surface area contributed by atoms with Gasteiger partial charge in [0.1, 0.15) is 17.5 Å². The van der Waals surface area contributed by atoms with Gasteiger partial charge in [-0.3, -0.25) is 19.2 Å². The number of H-pyrrole nitrogens is 1. The van der Waals surface area contributed by atoms with Crippen LogP contribution >= 0.6 is 0 Å². The Morgan fingerprint density at radius 1 is 1.03 bits per heavy atom. The van der Waals surface area contributed by atoms with Crippen molar-refractivity contribution >= 4 is 29.4 Å². The third-order valence-corrected chi connectivity index (χ3v) is 4.99. The predicted molar refractivity (Wildman–Crippen MR) is 129 cm³/mol. The van der Waals surface area contributed by atoms with Crippen LogP contribution in [-0.2, 0) is 25.8 Å². The third-order valence-electron chi connectivity index (χ3n) is 4.99. The summed E-state index contributed by atoms with van der Waals surface area (Å²) in [6, 6.07) is 16.6. The van der Waals surface area contributed by atoms with Crippen LogP contribution in [0.5, 0.6) is 0 Å². The van der Waals surface area contributed by atoms with Gasteiger partial charge in [-0.05, 0) is 35.4 Å². The summed E-state index contributed by atoms with van der Waals surface area (Å²) in [6.07, 6.45) is -0.498. The smallest absolute Gasteiger partial charge is 0.341 e. The van der Waals surface area contributed by atoms with E-state index in [1.54, 1.807) is 30.2 Å². The van der Waals surface area contributed by atoms with E-state index in [9.17, 15) is 24.0 Å². The molecule has 3 rings (SSSR count). The Morgan fingerprint density at radius 2 is 1.72 bits per heavy atom. The van der Waals surface area contributed by atoms with Crippen LogP contribution in [0.1, 0.15) is 22.3 Å². The van der Waals surface area contributed by atoms with Crippen LogP contribution in [0.3, 0.4) is 0 Å². The highest BCUT2D eigenvalue weighted by molar-refractivity contribution is 5.99. The lowest BCUT2D eigenvalue weighted by Gasteiger charge is -2.19. The summed E-state index contributed by atoms with van der Waals surface area (Å²) in [6.45, 7) is 0.0842. The number of anilines is 1. The topological polar surface area (TPSA) is 181 Å². The Bertz CT molecular complexity index is 1360. The molecule has 2 aromatic carbocycles. The van der Waals surface area contributed by atoms with Gasteiger partial charge in [0.25, 0.3) is 5.56 Å². The number of nitrogens with two attached hydrogens (primary N) is 1. The van der Waals surface area contributed by atoms with Crippen molar-refractivity contribution in [1.82, 2.24) is 10.5 Å². The summed E-state index contributed by atoms with van der Waals surface area (Å²) >= 11 is 0. The minimum atomic E-state index is -1.35. The van der Waals surface area contributed by atoms with Crippen molar-refractivity contribution < 1.29 is 29.1 Å². The predicted octanol–water partition coefficient (Wildman–Crippen LogP) is 1.40. The van der Waals surface area contributed by atoms with Gasteiger partial charge in [-0.2, -0.15) is 5.48 Å². The first-order valence-corrected chi connectivity index (χ1v) is 10.6. The second-order valence-corrected chi connectivity index (χ2v) is 7.58. The molecule has 0 spiro atoms. The minimum Gasteiger partial charge on any atom is -0.477 e. The number of rotatable bonds is 11. The molecule has 6 N–H and O–H groups in total. The number of carboxylic acid groups (broad SMARTS) is 1. The molecular formula is C25H22N4O7. The lowest BCUT2D eigenvalue weighted by atomic mass is 10.0. The molecule has 0 aliphatic rings. The number of benzene rings is 2. The molecule has 2 amide bonds. The molecule has 1 atom stereocenters. The number of hydrogen-bond acceptors (Lipinski definition) is 7. The fraction of sp³-hybridized carbons (Fsp3) is 0.120. The molecule has 11 nitrogen and oxygen atoms in total. The van der Waals surface area contributed by atoms with E-state index in [1.165, 1.54) is 24.3 Å². The number of pyridine rings is 1. The number of primary amides is 1. The van der Waals surface area contributed by atoms with Gasteiger partial charge in [-0.25, -0.2) is 9.59 Å². The zero-order valence-electron chi connectivity index (χ0n) is 18.8. The van der Waals surface area contributed by atoms with Gasteiger partial charge in [-0.15, -0.1) is 0 Å². The van der Waals surface area contributed by atoms with Crippen LogP contribution < -0.4 is 22.1 Å². The number of hydrogen-bond donors (Lipinski definition) is 5. The summed E-state index contributed by atoms with van der Waals surface area (Å²) in [7, 11) is 0. The van der Waals surface area contributed by atoms with E-state index in [4.69, 9.17) is 15.7 Å². The normalized spacial score (nSPS) is 11.2. The second-order valence-electron chi connectivity index (χ2n) is 7.58. The van der Waals surface area contributed by atoms with Crippen molar-refractivity contribution in [2.75, 3.05) is 5.32 Å². The number of aromatic amines is 1. The lowest BCUT2D eigenvalue weighted by Crippen LogP contribution is -2.43. The first kappa shape index (κ1) is 25.8. The van der Waals surface area contributed by atoms with E-state index in [2.05, 4.69) is 15.8 Å². The van der Waals surface area contributed by atoms with E-state index in [0.29, 0.717) is 16.9 Å². The number of carbonyl (C=O) groups is 3. The van der Waals surface area contributed by atoms with Gasteiger partial charge >= 0.3 is 5.97 Å². The molecule has 0 bridgehead atoms. The summed E-state index contributed by atoms with van der Waals surface area (Å²) in [5, 5.41) is 11.6. The number of aromatic carboxylic acids is 1. The monoisotopic (exact) mass is 490 g/mol. The van der Waals surface area contributed by atoms with Crippen molar-refractivity contribution in [1.29, 1.82) is 0 Å². The van der Waals surface area contributed by atoms with Gasteiger partial charge in [0.05, 0.1) is 18.6 Å². The second kappa shape index (κ2) is 12.0. The van der Waals surface area contributed by atoms with Gasteiger partial charge in [0.2, 0.25) is 11.8 Å². The molecule has 0 aliphatic heterocycles. The van der Waals surface area contributed by atoms with Crippen molar-refractivity contribution in [2.45, 2.75) is 19.1 Å². The molecule has 0 saturated heterocycles. The van der Waals surface area contributed by atoms with Crippen molar-refractivity contribution in [3.05, 3.63) is 93.8 Å². The molecule has 3 aromatic rings. The van der Waals surface area contributed by atoms with Crippen LogP contribution in [0, 0.1) is 0 Å². The summed E-state index contributed by atoms with van der Waals surface area (Å²) in [5.74, 6) is -1.27. The zero-order chi connectivity index (χ0) is 26.1. The molecule has 0 radical (unpaired) electrons. The fourth-order valence-corrected chi connectivity index (χ4v) is 3.21. The number of amides is 2. The maximum atomic E-state index is 12.9. The van der Waals surface area contributed by atoms with E-state index in [1.807, 2.05) is 18.2 Å². The minimum absolute atomic E-state index is 0.0842. The largest absolute Gasteiger partial charge is 0.477 e. The van der Waals surface area contributed by atoms with E-state index in [0.717, 1.165) is 5.56 Å². The summed E-state index contributed by atoms with van der Waals surface area (Å²) in [4.78, 5) is 66.5. The number of hydroxylamine groups is 1. The molecular weight excluding hydrogens is 468 g/mol. The third kappa shape index (κ3) is 6.84. The van der Waals surface area contributed by atoms with Gasteiger partial charge in [0, 0.05) is 11.4 Å². The molecule has 36 heavy (non-hydrogen) atoms. The van der Waals surface area contributed by atoms with Crippen LogP contribution in [0.2, 0.25) is 0 Å². The lowest BCUT2D eigenvalue weighted by molar-refractivity contribution is -0.121. The Hall–Kier alpha value is -4.83. The van der Waals surface area contributed by atoms with Gasteiger partial charge in [0.15, 0.2) is 0 Å². The van der Waals surface area contributed by atoms with Crippen LogP contribution in [-0.4, -0.2) is 39.9 Å². The van der Waals surface area contributed by atoms with E-state index < -0.39 is 35.8 Å². The maximum absolute atomic E-state index is 12.9. The highest BCUT2D eigenvalue weighted by atomic mass is 16.6. The quantitative estimate of drug-likeness (QED) is 0.197. The van der Waals surface area contributed by atoms with Crippen LogP contribution in [0.25, 0.3) is 11.3 Å². The van der Waals surface area contributed by atoms with Gasteiger partial charge < -0.3 is 21.1 Å². The summed E-state index contributed by atoms with van der Waals surface area (Å²) in [5.41, 5.74) is 8.41. The van der Waals surface area contributed by atoms with E-state index >= 15 is 0 Å². The number of carbonyl (C=O) groups excluding carboxylic acids is 3. The Labute approximate surface area is 204 Å². The Morgan fingerprint density at radius 3 is 2.31 bits per heavy atom. The maximum Gasteiger partial charge on any atom is 0.341 e. The van der Waals surface area contributed by atoms with Crippen molar-refractivity contribution in [3.63, 3.8) is 0 Å². The van der Waals surface area contributed by atoms with Crippen molar-refractivity contribution in [3.8, 4) is 11.3 Å². The zero-order valence-corrected chi connectivity index (χ0v) is 18.8. The SMILES string of the molecule is NC(=O)CC(=C=O)[C@H](NOCc1ccccc1)C(=O)Nc1ccc(-c2ccc(C(=O)O)c(=O)[nH]2)cc1. The Kier molecular flexibility index (Phi) is 8.63. The molecule has 184 valence electrons. The Balaban J connectivity index is 1.73. The van der Waals surface area contributed by atoms with Crippen LogP contribution in [0.4, 0.5) is 5.69 Å². The average Bonchev–Trinajstić information content (AvgIpc) is 2.86. The molecule has 0 fully saturated rings. The molecule has 0 aliphatic carbocycles. The highest BCUT2D eigenvalue weighted by Crippen LogP contribution is 2.19. The van der Waals surface area contributed by atoms with Gasteiger partial charge in [-0.1, -0.05) is 42.5 Å². The highest BCUT2D eigenvalue weighted by Gasteiger charge is 2.26. The molecule has 1 aromatic heterocycles. The summed E-state index contributed by atoms with van der Waals surface area (Å²) < 4.78 is 0. The number of nitrogens with one attached hydrogen (secondary N) is 3. The standard InChI is InChI=1S/C25H22N4O7/c26-21(31)12-17(13-30)22(29-36-14-15-4-2-1-3-5-15)24(33)27-18-8-6-16(7-9-18)20-11-10-19(25(34)35)23(32)28-20/h1-11,22,29H,12,14H2,(H2,26,31)(H,27,33)(H,28,32)(H,34,35)/t22-/m0/s1. The average molecular weight is 490 g/mol. The molecule has 0 unspecified atom stereocenters. The molecule has 11 heteroatoms. The molecule has 1 heterocycles. The van der Waals surface area contributed by atoms with Crippen molar-refractivity contribution in [2.24, 2.45) is 5.73 Å². The van der Waals surface area contributed by atoms with E-state index in [-0.39, 0.29) is 17.7 Å². The number of carboxylic acids is 1. The first-order valence-electron chi connectivity index (χ1n) is 10.6. The first-order chi connectivity index (χ1) is 17.3. The fourth-order valence-electron chi connectivity index (χ4n) is 3.21. The van der Waals surface area contributed by atoms with Crippen LogP contribution in [0.15, 0.2) is 77.1 Å².